The van der Waals surface area contributed by atoms with E-state index in [9.17, 15) is 0 Å². The second-order valence-corrected chi connectivity index (χ2v) is 8.30. The third-order valence-electron chi connectivity index (χ3n) is 5.74. The first-order chi connectivity index (χ1) is 14.3. The lowest BCUT2D eigenvalue weighted by atomic mass is 9.80. The highest BCUT2D eigenvalue weighted by Crippen LogP contribution is 2.35. The summed E-state index contributed by atoms with van der Waals surface area (Å²) in [5.74, 6) is 3.11. The summed E-state index contributed by atoms with van der Waals surface area (Å²) >= 11 is 0. The summed E-state index contributed by atoms with van der Waals surface area (Å²) in [6, 6.07) is 12.4. The third kappa shape index (κ3) is 6.30. The Hall–Kier alpha value is -2.40. The molecule has 0 aliphatic rings. The molecule has 0 unspecified atom stereocenters. The van der Waals surface area contributed by atoms with Gasteiger partial charge in [-0.15, -0.1) is 0 Å². The summed E-state index contributed by atoms with van der Waals surface area (Å²) in [5, 5.41) is 0. The molecule has 166 valence electrons. The zero-order chi connectivity index (χ0) is 22.1. The first-order valence-corrected chi connectivity index (χ1v) is 10.5. The number of methoxy groups -OCH3 is 4. The van der Waals surface area contributed by atoms with Crippen molar-refractivity contribution in [2.75, 3.05) is 48.6 Å². The number of rotatable bonds is 12. The lowest BCUT2D eigenvalue weighted by molar-refractivity contribution is 0.311. The Bertz CT molecular complexity index is 804. The smallest absolute Gasteiger partial charge is 0.161 e. The van der Waals surface area contributed by atoms with Crippen molar-refractivity contribution < 1.29 is 18.9 Å². The molecule has 0 bridgehead atoms. The van der Waals surface area contributed by atoms with Crippen molar-refractivity contribution in [3.8, 4) is 23.0 Å². The molecule has 0 N–H and O–H groups in total. The van der Waals surface area contributed by atoms with E-state index >= 15 is 0 Å². The fourth-order valence-electron chi connectivity index (χ4n) is 3.66. The van der Waals surface area contributed by atoms with E-state index in [2.05, 4.69) is 50.1 Å². The molecular formula is C25H37NO4. The topological polar surface area (TPSA) is 40.2 Å². The van der Waals surface area contributed by atoms with E-state index in [0.29, 0.717) is 0 Å². The van der Waals surface area contributed by atoms with Crippen LogP contribution in [0.15, 0.2) is 36.4 Å². The van der Waals surface area contributed by atoms with E-state index in [-0.39, 0.29) is 5.41 Å². The Balaban J connectivity index is 1.85. The summed E-state index contributed by atoms with van der Waals surface area (Å²) in [6.45, 7) is 6.64. The molecule has 2 aromatic rings. The Morgan fingerprint density at radius 2 is 1.30 bits per heavy atom. The third-order valence-corrected chi connectivity index (χ3v) is 5.74. The largest absolute Gasteiger partial charge is 0.493 e. The second kappa shape index (κ2) is 11.1. The van der Waals surface area contributed by atoms with Gasteiger partial charge in [-0.25, -0.2) is 0 Å². The van der Waals surface area contributed by atoms with Crippen molar-refractivity contribution >= 4 is 0 Å². The minimum atomic E-state index is 0.0732. The summed E-state index contributed by atoms with van der Waals surface area (Å²) in [5.41, 5.74) is 2.60. The van der Waals surface area contributed by atoms with E-state index in [1.165, 1.54) is 11.1 Å². The van der Waals surface area contributed by atoms with Crippen LogP contribution in [-0.4, -0.2) is 53.5 Å². The Morgan fingerprint density at radius 3 is 1.90 bits per heavy atom. The Labute approximate surface area is 181 Å². The highest BCUT2D eigenvalue weighted by Gasteiger charge is 2.22. The highest BCUT2D eigenvalue weighted by atomic mass is 16.5. The van der Waals surface area contributed by atoms with Gasteiger partial charge in [0.2, 0.25) is 0 Å². The van der Waals surface area contributed by atoms with Crippen LogP contribution in [0.3, 0.4) is 0 Å². The molecule has 30 heavy (non-hydrogen) atoms. The maximum atomic E-state index is 5.47. The molecule has 2 aromatic carbocycles. The van der Waals surface area contributed by atoms with Gasteiger partial charge in [-0.05, 0) is 73.7 Å². The monoisotopic (exact) mass is 415 g/mol. The van der Waals surface area contributed by atoms with Crippen molar-refractivity contribution in [1.29, 1.82) is 0 Å². The first kappa shape index (κ1) is 23.9. The Kier molecular flexibility index (Phi) is 8.85. The molecule has 0 radical (unpaired) electrons. The van der Waals surface area contributed by atoms with E-state index in [1.807, 2.05) is 12.1 Å². The molecular weight excluding hydrogens is 378 g/mol. The van der Waals surface area contributed by atoms with Crippen LogP contribution < -0.4 is 18.9 Å². The average Bonchev–Trinajstić information content (AvgIpc) is 2.76. The van der Waals surface area contributed by atoms with E-state index in [4.69, 9.17) is 18.9 Å². The van der Waals surface area contributed by atoms with Gasteiger partial charge in [0.1, 0.15) is 0 Å². The van der Waals surface area contributed by atoms with Gasteiger partial charge < -0.3 is 23.8 Å². The summed E-state index contributed by atoms with van der Waals surface area (Å²) in [7, 11) is 8.87. The number of hydrogen-bond acceptors (Lipinski definition) is 5. The van der Waals surface area contributed by atoms with Crippen LogP contribution in [0.4, 0.5) is 0 Å². The molecule has 0 aliphatic heterocycles. The summed E-state index contributed by atoms with van der Waals surface area (Å²) in [4.78, 5) is 2.39. The molecule has 0 spiro atoms. The van der Waals surface area contributed by atoms with Gasteiger partial charge in [-0.3, -0.25) is 0 Å². The van der Waals surface area contributed by atoms with Crippen molar-refractivity contribution in [2.45, 2.75) is 38.5 Å². The van der Waals surface area contributed by atoms with Crippen LogP contribution >= 0.6 is 0 Å². The van der Waals surface area contributed by atoms with Crippen LogP contribution in [0.25, 0.3) is 0 Å². The fraction of sp³-hybridized carbons (Fsp3) is 0.520. The minimum Gasteiger partial charge on any atom is -0.493 e. The van der Waals surface area contributed by atoms with E-state index in [1.54, 1.807) is 28.4 Å². The molecule has 0 saturated carbocycles. The van der Waals surface area contributed by atoms with E-state index < -0.39 is 0 Å². The van der Waals surface area contributed by atoms with E-state index in [0.717, 1.165) is 55.4 Å². The van der Waals surface area contributed by atoms with Gasteiger partial charge >= 0.3 is 0 Å². The van der Waals surface area contributed by atoms with Gasteiger partial charge in [0.05, 0.1) is 28.4 Å². The predicted octanol–water partition coefficient (Wildman–Crippen LogP) is 4.95. The number of hydrogen-bond donors (Lipinski definition) is 0. The lowest BCUT2D eigenvalue weighted by Crippen LogP contribution is -2.25. The Morgan fingerprint density at radius 1 is 0.733 bits per heavy atom. The van der Waals surface area contributed by atoms with Gasteiger partial charge in [0.15, 0.2) is 23.0 Å². The molecule has 0 atom stereocenters. The summed E-state index contributed by atoms with van der Waals surface area (Å²) in [6.07, 6.45) is 3.21. The quantitative estimate of drug-likeness (QED) is 0.490. The van der Waals surface area contributed by atoms with Crippen LogP contribution in [0.5, 0.6) is 23.0 Å². The predicted molar refractivity (Wildman–Crippen MR) is 123 cm³/mol. The standard InChI is InChI=1S/C25H37NO4/c1-25(2,20-10-12-22(28-5)24(18-20)30-7)14-8-15-26(3)16-13-19-9-11-21(27-4)23(17-19)29-6/h9-12,17-18H,8,13-16H2,1-7H3. The number of ether oxygens (including phenoxy) is 4. The molecule has 0 saturated heterocycles. The zero-order valence-corrected chi connectivity index (χ0v) is 19.6. The van der Waals surface area contributed by atoms with Gasteiger partial charge in [-0.1, -0.05) is 26.0 Å². The van der Waals surface area contributed by atoms with Crippen LogP contribution in [0, 0.1) is 0 Å². The van der Waals surface area contributed by atoms with Gasteiger partial charge in [0, 0.05) is 6.54 Å². The number of likely N-dealkylation sites (N-methyl/N-ethyl adjacent to an activating group) is 1. The maximum absolute atomic E-state index is 5.47. The van der Waals surface area contributed by atoms with Gasteiger partial charge in [-0.2, -0.15) is 0 Å². The number of nitrogens with zero attached hydrogens (tertiary/aromatic N) is 1. The second-order valence-electron chi connectivity index (χ2n) is 8.30. The highest BCUT2D eigenvalue weighted by molar-refractivity contribution is 5.45. The van der Waals surface area contributed by atoms with Crippen LogP contribution in [0.2, 0.25) is 0 Å². The molecule has 0 aliphatic carbocycles. The van der Waals surface area contributed by atoms with Crippen LogP contribution in [0.1, 0.15) is 37.8 Å². The molecule has 5 heteroatoms. The SMILES string of the molecule is COc1ccc(CCN(C)CCCC(C)(C)c2ccc(OC)c(OC)c2)cc1OC. The molecule has 0 heterocycles. The number of benzene rings is 2. The van der Waals surface area contributed by atoms with Crippen LogP contribution in [-0.2, 0) is 11.8 Å². The van der Waals surface area contributed by atoms with Gasteiger partial charge in [0.25, 0.3) is 0 Å². The average molecular weight is 416 g/mol. The molecule has 0 amide bonds. The molecule has 0 aromatic heterocycles. The normalized spacial score (nSPS) is 11.5. The van der Waals surface area contributed by atoms with Crippen molar-refractivity contribution in [3.05, 3.63) is 47.5 Å². The molecule has 0 fully saturated rings. The molecule has 2 rings (SSSR count). The molecule has 5 nitrogen and oxygen atoms in total. The zero-order valence-electron chi connectivity index (χ0n) is 19.6. The van der Waals surface area contributed by atoms with Crippen molar-refractivity contribution in [1.82, 2.24) is 4.90 Å². The minimum absolute atomic E-state index is 0.0732. The summed E-state index contributed by atoms with van der Waals surface area (Å²) < 4.78 is 21.5. The maximum Gasteiger partial charge on any atom is 0.161 e. The first-order valence-electron chi connectivity index (χ1n) is 10.5. The van der Waals surface area contributed by atoms with Crippen molar-refractivity contribution in [3.63, 3.8) is 0 Å². The fourth-order valence-corrected chi connectivity index (χ4v) is 3.66. The van der Waals surface area contributed by atoms with Crippen molar-refractivity contribution in [2.24, 2.45) is 0 Å². The lowest BCUT2D eigenvalue weighted by Gasteiger charge is -2.27.